The van der Waals surface area contributed by atoms with Crippen LogP contribution < -0.4 is 14.5 Å². The summed E-state index contributed by atoms with van der Waals surface area (Å²) in [6, 6.07) is 61.6. The molecule has 57 heavy (non-hydrogen) atoms. The molecule has 0 fully saturated rings. The third-order valence-electron chi connectivity index (χ3n) is 10.4. The number of halogens is 1. The molecule has 280 valence electrons. The molecule has 10 rings (SSSR count). The number of pyridine rings is 1. The van der Waals surface area contributed by atoms with Crippen molar-refractivity contribution in [2.75, 3.05) is 9.80 Å². The van der Waals surface area contributed by atoms with E-state index in [9.17, 15) is 4.39 Å². The van der Waals surface area contributed by atoms with Gasteiger partial charge in [-0.05, 0) is 82.6 Å². The Bertz CT molecular complexity index is 2910. The number of rotatable bonds is 8. The molecule has 0 saturated carbocycles. The summed E-state index contributed by atoms with van der Waals surface area (Å²) in [7, 11) is 0. The van der Waals surface area contributed by atoms with E-state index in [1.54, 1.807) is 12.1 Å². The second-order valence-corrected chi connectivity index (χ2v) is 13.8. The van der Waals surface area contributed by atoms with Gasteiger partial charge in [-0.15, -0.1) is 53.6 Å². The Hall–Kier alpha value is -6.49. The van der Waals surface area contributed by atoms with Crippen molar-refractivity contribution in [2.45, 2.75) is 13.3 Å². The van der Waals surface area contributed by atoms with Crippen LogP contribution in [0.15, 0.2) is 170 Å². The first-order chi connectivity index (χ1) is 27.6. The van der Waals surface area contributed by atoms with E-state index in [0.29, 0.717) is 11.5 Å². The number of anilines is 4. The van der Waals surface area contributed by atoms with E-state index in [1.165, 1.54) is 11.6 Å². The van der Waals surface area contributed by atoms with Crippen LogP contribution in [0, 0.1) is 24.6 Å². The monoisotopic (exact) mass is 920 g/mol. The summed E-state index contributed by atoms with van der Waals surface area (Å²) in [6.45, 7) is 4.13. The van der Waals surface area contributed by atoms with Crippen molar-refractivity contribution in [3.05, 3.63) is 200 Å². The molecule has 7 aromatic carbocycles. The predicted octanol–water partition coefficient (Wildman–Crippen LogP) is 13.0. The molecule has 7 heteroatoms. The summed E-state index contributed by atoms with van der Waals surface area (Å²) in [5.74, 6) is 1.62. The topological polar surface area (TPSA) is 33.5 Å². The van der Waals surface area contributed by atoms with E-state index in [2.05, 4.69) is 132 Å². The van der Waals surface area contributed by atoms with Gasteiger partial charge in [-0.3, -0.25) is 0 Å². The Balaban J connectivity index is 0.00000422. The third-order valence-corrected chi connectivity index (χ3v) is 10.4. The first kappa shape index (κ1) is 36.2. The van der Waals surface area contributed by atoms with Gasteiger partial charge in [-0.25, -0.2) is 9.37 Å². The molecule has 0 aliphatic carbocycles. The van der Waals surface area contributed by atoms with E-state index in [-0.39, 0.29) is 26.9 Å². The summed E-state index contributed by atoms with van der Waals surface area (Å²) >= 11 is 0. The van der Waals surface area contributed by atoms with Gasteiger partial charge in [0.2, 0.25) is 0 Å². The number of para-hydroxylation sites is 3. The van der Waals surface area contributed by atoms with E-state index < -0.39 is 0 Å². The number of hydrogen-bond donors (Lipinski definition) is 0. The average molecular weight is 921 g/mol. The third kappa shape index (κ3) is 6.66. The zero-order valence-corrected chi connectivity index (χ0v) is 33.1. The van der Waals surface area contributed by atoms with Crippen molar-refractivity contribution in [3.8, 4) is 39.6 Å². The molecule has 0 bridgehead atoms. The number of hydrogen-bond acceptors (Lipinski definition) is 4. The van der Waals surface area contributed by atoms with Gasteiger partial charge in [0, 0.05) is 61.3 Å². The number of ether oxygens (including phenoxy) is 1. The molecular formula is C50H34FN4OPt-3. The van der Waals surface area contributed by atoms with Crippen molar-refractivity contribution in [1.82, 2.24) is 9.55 Å². The molecule has 5 nitrogen and oxygen atoms in total. The van der Waals surface area contributed by atoms with Gasteiger partial charge in [0.05, 0.1) is 0 Å². The van der Waals surface area contributed by atoms with Gasteiger partial charge >= 0.3 is 0 Å². The molecule has 0 atom stereocenters. The molecule has 2 aromatic heterocycles. The van der Waals surface area contributed by atoms with E-state index >= 15 is 0 Å². The number of benzene rings is 7. The Morgan fingerprint density at radius 3 is 2.18 bits per heavy atom. The van der Waals surface area contributed by atoms with Crippen molar-refractivity contribution < 1.29 is 30.2 Å². The Kier molecular flexibility index (Phi) is 9.65. The van der Waals surface area contributed by atoms with Crippen LogP contribution in [0.2, 0.25) is 0 Å². The fourth-order valence-electron chi connectivity index (χ4n) is 7.70. The molecule has 9 aromatic rings. The second kappa shape index (κ2) is 15.2. The summed E-state index contributed by atoms with van der Waals surface area (Å²) in [4.78, 5) is 8.87. The van der Waals surface area contributed by atoms with Gasteiger partial charge in [0.1, 0.15) is 11.6 Å². The summed E-state index contributed by atoms with van der Waals surface area (Å²) in [5.41, 5.74) is 10.7. The molecule has 1 aliphatic rings. The quantitative estimate of drug-likeness (QED) is 0.142. The maximum Gasteiger partial charge on any atom is 0.135 e. The van der Waals surface area contributed by atoms with E-state index in [0.717, 1.165) is 79.0 Å². The van der Waals surface area contributed by atoms with Crippen molar-refractivity contribution in [2.24, 2.45) is 0 Å². The summed E-state index contributed by atoms with van der Waals surface area (Å²) in [6.07, 6.45) is 2.78. The van der Waals surface area contributed by atoms with Crippen LogP contribution in [0.5, 0.6) is 11.5 Å². The van der Waals surface area contributed by atoms with Crippen LogP contribution in [0.25, 0.3) is 49.9 Å². The predicted molar refractivity (Wildman–Crippen MR) is 224 cm³/mol. The normalized spacial score (nSPS) is 12.2. The minimum absolute atomic E-state index is 0. The Labute approximate surface area is 345 Å². The largest absolute Gasteiger partial charge is 0.509 e. The number of fused-ring (bicyclic) bond motifs is 4. The summed E-state index contributed by atoms with van der Waals surface area (Å²) < 4.78 is 23.5. The van der Waals surface area contributed by atoms with Crippen molar-refractivity contribution in [1.29, 1.82) is 0 Å². The van der Waals surface area contributed by atoms with Crippen LogP contribution in [0.3, 0.4) is 0 Å². The molecule has 0 spiro atoms. The smallest absolute Gasteiger partial charge is 0.135 e. The maximum absolute atomic E-state index is 14.5. The van der Waals surface area contributed by atoms with Crippen LogP contribution in [0.4, 0.5) is 27.1 Å². The van der Waals surface area contributed by atoms with Gasteiger partial charge in [-0.1, -0.05) is 103 Å². The zero-order chi connectivity index (χ0) is 37.6. The Morgan fingerprint density at radius 1 is 0.632 bits per heavy atom. The fourth-order valence-corrected chi connectivity index (χ4v) is 7.70. The molecule has 0 amide bonds. The van der Waals surface area contributed by atoms with E-state index in [1.807, 2.05) is 60.2 Å². The maximum atomic E-state index is 14.5. The molecule has 3 heterocycles. The van der Waals surface area contributed by atoms with Crippen LogP contribution in [0.1, 0.15) is 12.5 Å². The fraction of sp³-hybridized carbons (Fsp3) is 0.0400. The SMILES string of the molecule is CCc1ccnc(-n2c3[c-]c(Oc4[c-]c(N5[CH-]N(c6cccc(F)c6)c6ccccc65)cc(-c5ccccc5-c5ccccc5)c4)ccc3c3ccccc32)c1.[Pt]. The van der Waals surface area contributed by atoms with Gasteiger partial charge in [0.15, 0.2) is 0 Å². The molecule has 0 radical (unpaired) electrons. The molecule has 0 N–H and O–H groups in total. The van der Waals surface area contributed by atoms with Crippen molar-refractivity contribution in [3.63, 3.8) is 0 Å². The van der Waals surface area contributed by atoms with E-state index in [4.69, 9.17) is 9.72 Å². The average Bonchev–Trinajstić information content (AvgIpc) is 3.80. The first-order valence-corrected chi connectivity index (χ1v) is 18.7. The van der Waals surface area contributed by atoms with Crippen LogP contribution >= 0.6 is 0 Å². The zero-order valence-electron chi connectivity index (χ0n) is 30.8. The molecular weight excluding hydrogens is 887 g/mol. The van der Waals surface area contributed by atoms with Crippen molar-refractivity contribution >= 4 is 44.6 Å². The minimum Gasteiger partial charge on any atom is -0.509 e. The van der Waals surface area contributed by atoms with Gasteiger partial charge in [-0.2, -0.15) is 6.07 Å². The Morgan fingerprint density at radius 2 is 1.37 bits per heavy atom. The van der Waals surface area contributed by atoms with Gasteiger partial charge < -0.3 is 19.1 Å². The molecule has 0 saturated heterocycles. The van der Waals surface area contributed by atoms with Gasteiger partial charge in [0.25, 0.3) is 0 Å². The molecule has 1 aliphatic heterocycles. The first-order valence-electron chi connectivity index (χ1n) is 18.7. The summed E-state index contributed by atoms with van der Waals surface area (Å²) in [5, 5.41) is 2.18. The van der Waals surface area contributed by atoms with Crippen LogP contribution in [-0.2, 0) is 27.5 Å². The van der Waals surface area contributed by atoms with Crippen LogP contribution in [-0.4, -0.2) is 9.55 Å². The standard InChI is InChI=1S/C50H34FN4O.Pt/c1-2-34-25-26-52-50(27-34)55-46-20-9-8-19-44(46)45-24-23-40(32-49(45)55)56-41-29-36(43-18-7-6-17-42(43)35-13-4-3-5-14-35)28-39(31-41)54-33-53(38-16-12-15-37(51)30-38)47-21-10-11-22-48(47)54;/h3-30,33H,2H2,1H3;/q-3;. The number of aryl methyl sites for hydroxylation is 1. The number of nitrogens with zero attached hydrogens (tertiary/aromatic N) is 4. The number of aromatic nitrogens is 2. The minimum atomic E-state index is -0.297. The molecule has 0 unspecified atom stereocenters. The second-order valence-electron chi connectivity index (χ2n) is 13.8.